The molecule has 1 aromatic rings. The first kappa shape index (κ1) is 18.4. The van der Waals surface area contributed by atoms with Gasteiger partial charge in [-0.25, -0.2) is 0 Å². The number of carbonyl (C=O) groups excluding carboxylic acids is 2. The lowest BCUT2D eigenvalue weighted by Crippen LogP contribution is -2.42. The van der Waals surface area contributed by atoms with Gasteiger partial charge in [0.15, 0.2) is 0 Å². The summed E-state index contributed by atoms with van der Waals surface area (Å²) in [5.74, 6) is -0.620. The molecule has 6 nitrogen and oxygen atoms in total. The molecule has 2 aliphatic rings. The Morgan fingerprint density at radius 3 is 2.56 bits per heavy atom. The van der Waals surface area contributed by atoms with E-state index in [0.717, 1.165) is 23.3 Å². The van der Waals surface area contributed by atoms with E-state index in [4.69, 9.17) is 10.5 Å². The summed E-state index contributed by atoms with van der Waals surface area (Å²) in [5.41, 5.74) is 5.78. The second-order valence-electron chi connectivity index (χ2n) is 8.21. The molecule has 1 atom stereocenters. The van der Waals surface area contributed by atoms with Crippen LogP contribution in [0.3, 0.4) is 0 Å². The molecule has 1 unspecified atom stereocenters. The Bertz CT molecular complexity index is 719. The van der Waals surface area contributed by atoms with Crippen LogP contribution in [-0.2, 0) is 21.6 Å². The summed E-state index contributed by atoms with van der Waals surface area (Å²) in [4.78, 5) is 25.3. The van der Waals surface area contributed by atoms with Crippen LogP contribution in [0.25, 0.3) is 0 Å². The van der Waals surface area contributed by atoms with Crippen LogP contribution in [0.15, 0.2) is 0 Å². The average Bonchev–Trinajstić information content (AvgIpc) is 3.17. The number of hydrogen-bond acceptors (Lipinski definition) is 5. The Balaban J connectivity index is 1.93. The number of carbonyl (C=O) groups is 2. The highest BCUT2D eigenvalue weighted by Crippen LogP contribution is 2.48. The van der Waals surface area contributed by atoms with Crippen molar-refractivity contribution < 1.29 is 19.4 Å². The largest absolute Gasteiger partial charge is 0.383 e. The zero-order valence-electron chi connectivity index (χ0n) is 15.1. The molecule has 0 radical (unpaired) electrons. The lowest BCUT2D eigenvalue weighted by Gasteiger charge is -2.41. The van der Waals surface area contributed by atoms with Gasteiger partial charge in [-0.2, -0.15) is 0 Å². The van der Waals surface area contributed by atoms with Crippen LogP contribution in [0.4, 0.5) is 5.00 Å². The number of fused-ring (bicyclic) bond motifs is 1. The van der Waals surface area contributed by atoms with Crippen molar-refractivity contribution in [3.63, 3.8) is 0 Å². The molecule has 0 aromatic carbocycles. The van der Waals surface area contributed by atoms with Crippen molar-refractivity contribution in [1.82, 2.24) is 0 Å². The van der Waals surface area contributed by atoms with Gasteiger partial charge in [-0.1, -0.05) is 12.8 Å². The van der Waals surface area contributed by atoms with Crippen LogP contribution in [0.5, 0.6) is 0 Å². The van der Waals surface area contributed by atoms with E-state index in [9.17, 15) is 14.7 Å². The fourth-order valence-electron chi connectivity index (χ4n) is 3.64. The third-order valence-corrected chi connectivity index (χ3v) is 6.18. The third-order valence-electron chi connectivity index (χ3n) is 4.73. The monoisotopic (exact) mass is 366 g/mol. The second-order valence-corrected chi connectivity index (χ2v) is 9.23. The maximum absolute atomic E-state index is 12.3. The normalized spacial score (nSPS) is 22.1. The van der Waals surface area contributed by atoms with Crippen molar-refractivity contribution in [3.05, 3.63) is 16.0 Å². The number of primary amides is 1. The summed E-state index contributed by atoms with van der Waals surface area (Å²) in [6.07, 6.45) is 2.06. The minimum absolute atomic E-state index is 0.344. The Kier molecular flexibility index (Phi) is 4.46. The summed E-state index contributed by atoms with van der Waals surface area (Å²) in [7, 11) is 0. The molecule has 1 fully saturated rings. The van der Waals surface area contributed by atoms with Crippen LogP contribution in [0, 0.1) is 5.92 Å². The SMILES string of the molecule is CC1(C)Cc2c(sc(NC(=O)C(O)CC3CC3)c2C(N)=O)C(C)(C)O1. The summed E-state index contributed by atoms with van der Waals surface area (Å²) in [5, 5.41) is 13.2. The number of ether oxygens (including phenoxy) is 1. The smallest absolute Gasteiger partial charge is 0.253 e. The van der Waals surface area contributed by atoms with Crippen LogP contribution >= 0.6 is 11.3 Å². The predicted octanol–water partition coefficient (Wildman–Crippen LogP) is 2.53. The van der Waals surface area contributed by atoms with Crippen molar-refractivity contribution >= 4 is 28.2 Å². The minimum atomic E-state index is -1.06. The molecule has 1 aliphatic heterocycles. The van der Waals surface area contributed by atoms with Crippen LogP contribution in [0.2, 0.25) is 0 Å². The Hall–Kier alpha value is -1.44. The van der Waals surface area contributed by atoms with E-state index in [-0.39, 0.29) is 0 Å². The van der Waals surface area contributed by atoms with Gasteiger partial charge in [0.05, 0.1) is 16.8 Å². The highest BCUT2D eigenvalue weighted by molar-refractivity contribution is 7.17. The quantitative estimate of drug-likeness (QED) is 0.745. The number of amides is 2. The zero-order chi connectivity index (χ0) is 18.6. The summed E-state index contributed by atoms with van der Waals surface area (Å²) >= 11 is 1.31. The average molecular weight is 366 g/mol. The minimum Gasteiger partial charge on any atom is -0.383 e. The lowest BCUT2D eigenvalue weighted by molar-refractivity contribution is -0.135. The van der Waals surface area contributed by atoms with Crippen LogP contribution < -0.4 is 11.1 Å². The van der Waals surface area contributed by atoms with E-state index in [2.05, 4.69) is 5.32 Å². The molecule has 4 N–H and O–H groups in total. The predicted molar refractivity (Wildman–Crippen MR) is 96.7 cm³/mol. The van der Waals surface area contributed by atoms with E-state index >= 15 is 0 Å². The van der Waals surface area contributed by atoms with Crippen LogP contribution in [-0.4, -0.2) is 28.6 Å². The second kappa shape index (κ2) is 6.07. The van der Waals surface area contributed by atoms with Crippen molar-refractivity contribution in [3.8, 4) is 0 Å². The van der Waals surface area contributed by atoms with Gasteiger partial charge in [-0.15, -0.1) is 11.3 Å². The number of anilines is 1. The first-order chi connectivity index (χ1) is 11.5. The highest BCUT2D eigenvalue weighted by Gasteiger charge is 2.43. The molecule has 1 saturated carbocycles. The van der Waals surface area contributed by atoms with Crippen LogP contribution in [0.1, 0.15) is 67.8 Å². The molecule has 0 saturated heterocycles. The molecular weight excluding hydrogens is 340 g/mol. The maximum atomic E-state index is 12.3. The van der Waals surface area contributed by atoms with Gasteiger partial charge in [0, 0.05) is 11.3 Å². The number of aliphatic hydroxyl groups is 1. The van der Waals surface area contributed by atoms with E-state index < -0.39 is 29.1 Å². The fraction of sp³-hybridized carbons (Fsp3) is 0.667. The first-order valence-electron chi connectivity index (χ1n) is 8.65. The summed E-state index contributed by atoms with van der Waals surface area (Å²) in [6.45, 7) is 7.83. The molecule has 7 heteroatoms. The van der Waals surface area contributed by atoms with Gasteiger partial charge in [0.1, 0.15) is 11.1 Å². The van der Waals surface area contributed by atoms with Gasteiger partial charge in [0.2, 0.25) is 0 Å². The Morgan fingerprint density at radius 2 is 2.00 bits per heavy atom. The van der Waals surface area contributed by atoms with Gasteiger partial charge in [-0.3, -0.25) is 9.59 Å². The number of nitrogens with two attached hydrogens (primary N) is 1. The summed E-state index contributed by atoms with van der Waals surface area (Å²) < 4.78 is 6.15. The topological polar surface area (TPSA) is 102 Å². The Labute approximate surface area is 151 Å². The number of nitrogens with one attached hydrogen (secondary N) is 1. The van der Waals surface area contributed by atoms with E-state index in [1.165, 1.54) is 11.3 Å². The molecular formula is C18H26N2O4S. The van der Waals surface area contributed by atoms with Gasteiger partial charge >= 0.3 is 0 Å². The van der Waals surface area contributed by atoms with Crippen molar-refractivity contribution in [2.45, 2.75) is 70.7 Å². The molecule has 1 aliphatic carbocycles. The molecule has 138 valence electrons. The highest BCUT2D eigenvalue weighted by atomic mass is 32.1. The lowest BCUT2D eigenvalue weighted by atomic mass is 9.86. The summed E-state index contributed by atoms with van der Waals surface area (Å²) in [6, 6.07) is 0. The van der Waals surface area contributed by atoms with E-state index in [1.54, 1.807) is 0 Å². The van der Waals surface area contributed by atoms with E-state index in [1.807, 2.05) is 27.7 Å². The maximum Gasteiger partial charge on any atom is 0.253 e. The third kappa shape index (κ3) is 3.73. The van der Waals surface area contributed by atoms with Gasteiger partial charge in [0.25, 0.3) is 11.8 Å². The molecule has 0 bridgehead atoms. The van der Waals surface area contributed by atoms with Crippen molar-refractivity contribution in [2.75, 3.05) is 5.32 Å². The standard InChI is InChI=1S/C18H26N2O4S/c1-17(2)8-10-12(14(19)22)16(25-13(10)18(3,4)24-17)20-15(23)11(21)7-9-5-6-9/h9,11,21H,5-8H2,1-4H3,(H2,19,22)(H,20,23). The number of rotatable bonds is 5. The molecule has 2 amide bonds. The van der Waals surface area contributed by atoms with Gasteiger partial charge < -0.3 is 20.9 Å². The molecule has 1 aromatic heterocycles. The fourth-order valence-corrected chi connectivity index (χ4v) is 4.91. The van der Waals surface area contributed by atoms with E-state index in [0.29, 0.717) is 29.3 Å². The molecule has 0 spiro atoms. The molecule has 25 heavy (non-hydrogen) atoms. The molecule has 3 rings (SSSR count). The van der Waals surface area contributed by atoms with Gasteiger partial charge in [-0.05, 0) is 45.6 Å². The zero-order valence-corrected chi connectivity index (χ0v) is 16.0. The Morgan fingerprint density at radius 1 is 1.36 bits per heavy atom. The first-order valence-corrected chi connectivity index (χ1v) is 9.47. The van der Waals surface area contributed by atoms with Crippen molar-refractivity contribution in [2.24, 2.45) is 11.7 Å². The number of aliphatic hydroxyl groups excluding tert-OH is 1. The number of hydrogen-bond donors (Lipinski definition) is 3. The van der Waals surface area contributed by atoms with Crippen molar-refractivity contribution in [1.29, 1.82) is 0 Å². The molecule has 2 heterocycles. The number of thiophene rings is 1.